The third kappa shape index (κ3) is 6.29. The molecule has 0 fully saturated rings. The number of nitrogens with zero attached hydrogens (tertiary/aromatic N) is 2. The molecule has 0 saturated carbocycles. The van der Waals surface area contributed by atoms with Gasteiger partial charge in [0.2, 0.25) is 11.8 Å². The standard InChI is InChI=1S/C14H25N5O2/c1-9-10(2)21-12(18-9)8-17-13(15-6)16-7-11(20)19-14(3,4)5/h7-8H2,1-6H3,(H,19,20)(H2,15,16,17). The summed E-state index contributed by atoms with van der Waals surface area (Å²) >= 11 is 0. The number of guanidine groups is 1. The van der Waals surface area contributed by atoms with Gasteiger partial charge >= 0.3 is 0 Å². The van der Waals surface area contributed by atoms with Crippen LogP contribution in [-0.4, -0.2) is 36.0 Å². The van der Waals surface area contributed by atoms with Gasteiger partial charge in [0.1, 0.15) is 5.76 Å². The van der Waals surface area contributed by atoms with Crippen LogP contribution in [0.15, 0.2) is 9.41 Å². The molecule has 1 amide bonds. The summed E-state index contributed by atoms with van der Waals surface area (Å²) in [5.41, 5.74) is 0.627. The molecule has 21 heavy (non-hydrogen) atoms. The van der Waals surface area contributed by atoms with Gasteiger partial charge in [-0.25, -0.2) is 4.98 Å². The van der Waals surface area contributed by atoms with Crippen LogP contribution in [0.2, 0.25) is 0 Å². The first-order valence-corrected chi connectivity index (χ1v) is 6.89. The van der Waals surface area contributed by atoms with Crippen molar-refractivity contribution in [3.63, 3.8) is 0 Å². The Morgan fingerprint density at radius 2 is 1.95 bits per heavy atom. The molecule has 1 rings (SSSR count). The molecule has 1 aromatic heterocycles. The van der Waals surface area contributed by atoms with E-state index in [1.807, 2.05) is 34.6 Å². The van der Waals surface area contributed by atoms with Crippen molar-refractivity contribution >= 4 is 11.9 Å². The number of aromatic nitrogens is 1. The summed E-state index contributed by atoms with van der Waals surface area (Å²) in [6.07, 6.45) is 0. The lowest BCUT2D eigenvalue weighted by Crippen LogP contribution is -2.48. The monoisotopic (exact) mass is 295 g/mol. The zero-order valence-electron chi connectivity index (χ0n) is 13.6. The number of oxazole rings is 1. The molecule has 118 valence electrons. The number of rotatable bonds is 4. The van der Waals surface area contributed by atoms with E-state index in [4.69, 9.17) is 4.42 Å². The fraction of sp³-hybridized carbons (Fsp3) is 0.643. The molecule has 0 aliphatic rings. The quantitative estimate of drug-likeness (QED) is 0.566. The number of amides is 1. The van der Waals surface area contributed by atoms with E-state index < -0.39 is 0 Å². The molecule has 0 aliphatic carbocycles. The minimum absolute atomic E-state index is 0.0896. The predicted octanol–water partition coefficient (Wildman–Crippen LogP) is 0.871. The number of carbonyl (C=O) groups excluding carboxylic acids is 1. The summed E-state index contributed by atoms with van der Waals surface area (Å²) in [5.74, 6) is 1.83. The molecule has 0 aromatic carbocycles. The maximum absolute atomic E-state index is 11.7. The van der Waals surface area contributed by atoms with Gasteiger partial charge in [-0.15, -0.1) is 0 Å². The van der Waals surface area contributed by atoms with Crippen molar-refractivity contribution in [3.8, 4) is 0 Å². The lowest BCUT2D eigenvalue weighted by Gasteiger charge is -2.21. The van der Waals surface area contributed by atoms with Gasteiger partial charge in [-0.3, -0.25) is 9.79 Å². The van der Waals surface area contributed by atoms with Gasteiger partial charge in [0.05, 0.1) is 18.8 Å². The van der Waals surface area contributed by atoms with Crippen LogP contribution in [0, 0.1) is 13.8 Å². The number of aryl methyl sites for hydroxylation is 2. The topological polar surface area (TPSA) is 91.5 Å². The summed E-state index contributed by atoms with van der Waals surface area (Å²) in [5, 5.41) is 8.86. The number of aliphatic imine (C=N–C) groups is 1. The van der Waals surface area contributed by atoms with Gasteiger partial charge in [0.15, 0.2) is 5.96 Å². The van der Waals surface area contributed by atoms with E-state index in [2.05, 4.69) is 25.9 Å². The highest BCUT2D eigenvalue weighted by molar-refractivity contribution is 5.86. The highest BCUT2D eigenvalue weighted by atomic mass is 16.4. The summed E-state index contributed by atoms with van der Waals surface area (Å²) in [4.78, 5) is 20.0. The fourth-order valence-corrected chi connectivity index (χ4v) is 1.62. The van der Waals surface area contributed by atoms with E-state index >= 15 is 0 Å². The van der Waals surface area contributed by atoms with Crippen LogP contribution in [0.4, 0.5) is 0 Å². The van der Waals surface area contributed by atoms with Crippen LogP contribution in [0.5, 0.6) is 0 Å². The molecule has 0 bridgehead atoms. The smallest absolute Gasteiger partial charge is 0.239 e. The Labute approximate surface area is 125 Å². The number of carbonyl (C=O) groups is 1. The van der Waals surface area contributed by atoms with Gasteiger partial charge in [-0.2, -0.15) is 0 Å². The molecular formula is C14H25N5O2. The fourth-order valence-electron chi connectivity index (χ4n) is 1.62. The minimum atomic E-state index is -0.247. The second kappa shape index (κ2) is 7.10. The molecule has 7 nitrogen and oxygen atoms in total. The van der Waals surface area contributed by atoms with E-state index in [9.17, 15) is 4.79 Å². The lowest BCUT2D eigenvalue weighted by molar-refractivity contribution is -0.121. The van der Waals surface area contributed by atoms with Gasteiger partial charge in [-0.05, 0) is 34.6 Å². The molecule has 1 heterocycles. The molecule has 3 N–H and O–H groups in total. The zero-order valence-corrected chi connectivity index (χ0v) is 13.6. The zero-order chi connectivity index (χ0) is 16.0. The van der Waals surface area contributed by atoms with Crippen LogP contribution in [0.25, 0.3) is 0 Å². The number of hydrogen-bond donors (Lipinski definition) is 3. The highest BCUT2D eigenvalue weighted by Gasteiger charge is 2.14. The highest BCUT2D eigenvalue weighted by Crippen LogP contribution is 2.07. The van der Waals surface area contributed by atoms with Gasteiger partial charge in [-0.1, -0.05) is 0 Å². The normalized spacial score (nSPS) is 12.2. The van der Waals surface area contributed by atoms with Crippen molar-refractivity contribution in [2.24, 2.45) is 4.99 Å². The van der Waals surface area contributed by atoms with Crippen LogP contribution in [0.3, 0.4) is 0 Å². The Morgan fingerprint density at radius 1 is 1.29 bits per heavy atom. The van der Waals surface area contributed by atoms with E-state index in [0.717, 1.165) is 11.5 Å². The first-order chi connectivity index (χ1) is 9.71. The molecule has 0 aliphatic heterocycles. The Kier molecular flexibility index (Phi) is 5.75. The van der Waals surface area contributed by atoms with Crippen LogP contribution in [0.1, 0.15) is 38.1 Å². The number of nitrogens with one attached hydrogen (secondary N) is 3. The molecule has 0 atom stereocenters. The second-order valence-corrected chi connectivity index (χ2v) is 5.83. The first-order valence-electron chi connectivity index (χ1n) is 6.89. The van der Waals surface area contributed by atoms with E-state index in [1.165, 1.54) is 0 Å². The molecule has 0 spiro atoms. The van der Waals surface area contributed by atoms with Crippen molar-refractivity contribution in [1.29, 1.82) is 0 Å². The van der Waals surface area contributed by atoms with Gasteiger partial charge < -0.3 is 20.4 Å². The Morgan fingerprint density at radius 3 is 2.43 bits per heavy atom. The minimum Gasteiger partial charge on any atom is -0.444 e. The Hall–Kier alpha value is -2.05. The third-order valence-corrected chi connectivity index (χ3v) is 2.63. The predicted molar refractivity (Wildman–Crippen MR) is 82.1 cm³/mol. The van der Waals surface area contributed by atoms with Crippen molar-refractivity contribution in [3.05, 3.63) is 17.3 Å². The lowest BCUT2D eigenvalue weighted by atomic mass is 10.1. The average molecular weight is 295 g/mol. The average Bonchev–Trinajstić information content (AvgIpc) is 2.67. The van der Waals surface area contributed by atoms with Crippen LogP contribution in [-0.2, 0) is 11.3 Å². The Bertz CT molecular complexity index is 494. The third-order valence-electron chi connectivity index (χ3n) is 2.63. The van der Waals surface area contributed by atoms with Crippen molar-refractivity contribution in [2.45, 2.75) is 46.7 Å². The SMILES string of the molecule is CN=C(NCC(=O)NC(C)(C)C)NCc1nc(C)c(C)o1. The molecule has 0 radical (unpaired) electrons. The van der Waals surface area contributed by atoms with Crippen molar-refractivity contribution in [2.75, 3.05) is 13.6 Å². The van der Waals surface area contributed by atoms with Gasteiger partial charge in [0, 0.05) is 12.6 Å². The summed E-state index contributed by atoms with van der Waals surface area (Å²) in [6.45, 7) is 10.1. The first kappa shape index (κ1) is 17.0. The van der Waals surface area contributed by atoms with E-state index in [0.29, 0.717) is 18.4 Å². The van der Waals surface area contributed by atoms with E-state index in [1.54, 1.807) is 7.05 Å². The number of hydrogen-bond acceptors (Lipinski definition) is 4. The van der Waals surface area contributed by atoms with Crippen LogP contribution < -0.4 is 16.0 Å². The molecule has 7 heteroatoms. The van der Waals surface area contributed by atoms with Crippen LogP contribution >= 0.6 is 0 Å². The summed E-state index contributed by atoms with van der Waals surface area (Å²) in [6, 6.07) is 0. The molecule has 0 unspecified atom stereocenters. The van der Waals surface area contributed by atoms with Gasteiger partial charge in [0.25, 0.3) is 0 Å². The maximum atomic E-state index is 11.7. The second-order valence-electron chi connectivity index (χ2n) is 5.83. The summed E-state index contributed by atoms with van der Waals surface area (Å²) in [7, 11) is 1.64. The summed E-state index contributed by atoms with van der Waals surface area (Å²) < 4.78 is 5.46. The van der Waals surface area contributed by atoms with Crippen molar-refractivity contribution < 1.29 is 9.21 Å². The van der Waals surface area contributed by atoms with Crippen molar-refractivity contribution in [1.82, 2.24) is 20.9 Å². The maximum Gasteiger partial charge on any atom is 0.239 e. The molecule has 1 aromatic rings. The van der Waals surface area contributed by atoms with E-state index in [-0.39, 0.29) is 18.0 Å². The molecule has 0 saturated heterocycles. The largest absolute Gasteiger partial charge is 0.444 e. The Balaban J connectivity index is 2.41. The molecular weight excluding hydrogens is 270 g/mol.